The van der Waals surface area contributed by atoms with Crippen LogP contribution in [0.2, 0.25) is 0 Å². The van der Waals surface area contributed by atoms with Crippen molar-refractivity contribution in [3.8, 4) is 0 Å². The Balaban J connectivity index is 1.60. The maximum Gasteiger partial charge on any atom is 0.417 e. The van der Waals surface area contributed by atoms with Gasteiger partial charge in [0.05, 0.1) is 11.1 Å². The number of halogens is 4. The fourth-order valence-corrected chi connectivity index (χ4v) is 3.84. The number of rotatable bonds is 3. The topological polar surface area (TPSA) is 29.1 Å². The zero-order valence-electron chi connectivity index (χ0n) is 14.8. The van der Waals surface area contributed by atoms with Crippen molar-refractivity contribution >= 4 is 16.7 Å². The number of hydrogen-bond donors (Lipinski definition) is 1. The monoisotopic (exact) mass is 387 g/mol. The van der Waals surface area contributed by atoms with E-state index in [1.165, 1.54) is 24.3 Å². The molecule has 2 nitrogen and oxygen atoms in total. The van der Waals surface area contributed by atoms with E-state index in [1.54, 1.807) is 18.2 Å². The van der Waals surface area contributed by atoms with Gasteiger partial charge in [-0.15, -0.1) is 0 Å². The molecule has 2 unspecified atom stereocenters. The van der Waals surface area contributed by atoms with Crippen LogP contribution in [0.5, 0.6) is 0 Å². The van der Waals surface area contributed by atoms with E-state index in [-0.39, 0.29) is 23.3 Å². The minimum Gasteiger partial charge on any atom is -0.349 e. The molecule has 4 rings (SSSR count). The highest BCUT2D eigenvalue weighted by atomic mass is 19.4. The van der Waals surface area contributed by atoms with Crippen molar-refractivity contribution < 1.29 is 22.4 Å². The summed E-state index contributed by atoms with van der Waals surface area (Å²) in [6.07, 6.45) is -3.15. The molecule has 0 saturated heterocycles. The average molecular weight is 387 g/mol. The first-order valence-corrected chi connectivity index (χ1v) is 9.00. The van der Waals surface area contributed by atoms with Crippen LogP contribution in [0.25, 0.3) is 10.8 Å². The van der Waals surface area contributed by atoms with E-state index in [1.807, 2.05) is 12.1 Å². The molecule has 0 radical (unpaired) electrons. The summed E-state index contributed by atoms with van der Waals surface area (Å²) in [6.45, 7) is 0. The average Bonchev–Trinajstić information content (AvgIpc) is 2.65. The zero-order valence-corrected chi connectivity index (χ0v) is 14.8. The first-order chi connectivity index (χ1) is 13.4. The van der Waals surface area contributed by atoms with Crippen molar-refractivity contribution in [2.24, 2.45) is 0 Å². The predicted octanol–water partition coefficient (Wildman–Crippen LogP) is 5.67. The van der Waals surface area contributed by atoms with Crippen LogP contribution in [0.15, 0.2) is 60.7 Å². The van der Waals surface area contributed by atoms with Gasteiger partial charge in [-0.2, -0.15) is 13.2 Å². The molecule has 0 aromatic heterocycles. The van der Waals surface area contributed by atoms with E-state index < -0.39 is 17.6 Å². The summed E-state index contributed by atoms with van der Waals surface area (Å²) in [6, 6.07) is 14.6. The van der Waals surface area contributed by atoms with Gasteiger partial charge in [-0.25, -0.2) is 4.39 Å². The molecule has 1 aliphatic rings. The maximum atomic E-state index is 14.1. The second-order valence-electron chi connectivity index (χ2n) is 6.99. The third kappa shape index (κ3) is 3.23. The lowest BCUT2D eigenvalue weighted by molar-refractivity contribution is -0.137. The van der Waals surface area contributed by atoms with Gasteiger partial charge < -0.3 is 5.32 Å². The molecule has 1 aliphatic carbocycles. The van der Waals surface area contributed by atoms with Crippen molar-refractivity contribution in [1.82, 2.24) is 5.32 Å². The first kappa shape index (κ1) is 18.5. The summed E-state index contributed by atoms with van der Waals surface area (Å²) in [4.78, 5) is 12.5. The number of carbonyl (C=O) groups excluding carboxylic acids is 1. The van der Waals surface area contributed by atoms with E-state index >= 15 is 0 Å². The van der Waals surface area contributed by atoms with Crippen LogP contribution >= 0.6 is 0 Å². The molecule has 1 saturated carbocycles. The molecule has 0 bridgehead atoms. The minimum absolute atomic E-state index is 0.0625. The lowest BCUT2D eigenvalue weighted by Gasteiger charge is -2.38. The van der Waals surface area contributed by atoms with Crippen LogP contribution in [-0.2, 0) is 6.18 Å². The molecule has 144 valence electrons. The van der Waals surface area contributed by atoms with E-state index in [0.717, 1.165) is 23.4 Å². The number of amides is 1. The summed E-state index contributed by atoms with van der Waals surface area (Å²) in [5.41, 5.74) is -0.433. The molecular formula is C22H17F4NO. The van der Waals surface area contributed by atoms with Gasteiger partial charge in [-0.3, -0.25) is 4.79 Å². The molecule has 2 atom stereocenters. The fourth-order valence-electron chi connectivity index (χ4n) is 3.84. The van der Waals surface area contributed by atoms with Gasteiger partial charge in [0, 0.05) is 17.3 Å². The maximum absolute atomic E-state index is 14.1. The van der Waals surface area contributed by atoms with E-state index in [9.17, 15) is 22.4 Å². The van der Waals surface area contributed by atoms with Crippen LogP contribution in [0, 0.1) is 5.82 Å². The summed E-state index contributed by atoms with van der Waals surface area (Å²) in [5.74, 6) is -1.13. The molecule has 0 aliphatic heterocycles. The van der Waals surface area contributed by atoms with E-state index in [2.05, 4.69) is 5.32 Å². The number of benzene rings is 3. The molecule has 0 heterocycles. The van der Waals surface area contributed by atoms with Crippen molar-refractivity contribution in [3.05, 3.63) is 83.2 Å². The van der Waals surface area contributed by atoms with E-state index in [4.69, 9.17) is 0 Å². The van der Waals surface area contributed by atoms with Gasteiger partial charge in [0.1, 0.15) is 5.82 Å². The van der Waals surface area contributed by atoms with Crippen molar-refractivity contribution in [2.45, 2.75) is 31.0 Å². The third-order valence-corrected chi connectivity index (χ3v) is 5.37. The van der Waals surface area contributed by atoms with Crippen LogP contribution in [0.4, 0.5) is 17.6 Å². The Hall–Kier alpha value is -2.89. The number of hydrogen-bond acceptors (Lipinski definition) is 1. The number of alkyl halides is 3. The highest BCUT2D eigenvalue weighted by molar-refractivity contribution is 5.96. The molecule has 0 spiro atoms. The van der Waals surface area contributed by atoms with Crippen molar-refractivity contribution in [1.29, 1.82) is 0 Å². The van der Waals surface area contributed by atoms with Crippen LogP contribution in [-0.4, -0.2) is 11.9 Å². The predicted molar refractivity (Wildman–Crippen MR) is 98.6 cm³/mol. The Bertz CT molecular complexity index is 1040. The minimum atomic E-state index is -4.60. The molecule has 3 aromatic rings. The summed E-state index contributed by atoms with van der Waals surface area (Å²) < 4.78 is 53.6. The molecule has 1 fully saturated rings. The van der Waals surface area contributed by atoms with Gasteiger partial charge in [0.2, 0.25) is 0 Å². The normalized spacial score (nSPS) is 19.3. The Labute approximate surface area is 159 Å². The molecular weight excluding hydrogens is 370 g/mol. The van der Waals surface area contributed by atoms with Crippen LogP contribution in [0.1, 0.15) is 40.2 Å². The summed E-state index contributed by atoms with van der Waals surface area (Å²) in [7, 11) is 0. The number of nitrogens with one attached hydrogen (secondary N) is 1. The molecule has 3 aromatic carbocycles. The SMILES string of the molecule is O=C(NC1CCC1c1cccc2c(F)cccc12)c1ccccc1C(F)(F)F. The first-order valence-electron chi connectivity index (χ1n) is 9.00. The standard InChI is InChI=1S/C22H17F4NO/c23-19-10-4-7-13-14(6-3-8-15(13)19)16-11-12-20(16)27-21(28)17-5-1-2-9-18(17)22(24,25)26/h1-10,16,20H,11-12H2,(H,27,28). The smallest absolute Gasteiger partial charge is 0.349 e. The molecule has 1 amide bonds. The number of carbonyl (C=O) groups is 1. The van der Waals surface area contributed by atoms with Gasteiger partial charge >= 0.3 is 6.18 Å². The fraction of sp³-hybridized carbons (Fsp3) is 0.227. The molecule has 6 heteroatoms. The summed E-state index contributed by atoms with van der Waals surface area (Å²) >= 11 is 0. The molecule has 28 heavy (non-hydrogen) atoms. The van der Waals surface area contributed by atoms with Gasteiger partial charge in [-0.1, -0.05) is 42.5 Å². The van der Waals surface area contributed by atoms with Crippen molar-refractivity contribution in [2.75, 3.05) is 0 Å². The second kappa shape index (κ2) is 6.93. The van der Waals surface area contributed by atoms with Gasteiger partial charge in [0.15, 0.2) is 0 Å². The van der Waals surface area contributed by atoms with Gasteiger partial charge in [0.25, 0.3) is 5.91 Å². The lowest BCUT2D eigenvalue weighted by Crippen LogP contribution is -2.45. The Kier molecular flexibility index (Phi) is 4.57. The number of fused-ring (bicyclic) bond motifs is 1. The Morgan fingerprint density at radius 2 is 1.61 bits per heavy atom. The zero-order chi connectivity index (χ0) is 19.9. The van der Waals surface area contributed by atoms with Crippen LogP contribution in [0.3, 0.4) is 0 Å². The quantitative estimate of drug-likeness (QED) is 0.576. The lowest BCUT2D eigenvalue weighted by atomic mass is 9.73. The largest absolute Gasteiger partial charge is 0.417 e. The van der Waals surface area contributed by atoms with Gasteiger partial charge in [-0.05, 0) is 42.0 Å². The van der Waals surface area contributed by atoms with Crippen molar-refractivity contribution in [3.63, 3.8) is 0 Å². The van der Waals surface area contributed by atoms with E-state index in [0.29, 0.717) is 11.8 Å². The highest BCUT2D eigenvalue weighted by Crippen LogP contribution is 2.41. The Morgan fingerprint density at radius 3 is 2.32 bits per heavy atom. The summed E-state index contributed by atoms with van der Waals surface area (Å²) in [5, 5.41) is 4.01. The third-order valence-electron chi connectivity index (χ3n) is 5.37. The van der Waals surface area contributed by atoms with Crippen LogP contribution < -0.4 is 5.32 Å². The highest BCUT2D eigenvalue weighted by Gasteiger charge is 2.38. The molecule has 1 N–H and O–H groups in total. The Morgan fingerprint density at radius 1 is 0.893 bits per heavy atom. The second-order valence-corrected chi connectivity index (χ2v) is 6.99.